The third-order valence-corrected chi connectivity index (χ3v) is 8.37. The molecule has 0 nitrogen and oxygen atoms in total. The van der Waals surface area contributed by atoms with Crippen molar-refractivity contribution in [3.8, 4) is 0 Å². The fourth-order valence-electron chi connectivity index (χ4n) is 2.55. The van der Waals surface area contributed by atoms with Crippen LogP contribution in [0.15, 0.2) is 100 Å². The molecule has 0 aromatic heterocycles. The van der Waals surface area contributed by atoms with Crippen molar-refractivity contribution in [1.82, 2.24) is 0 Å². The summed E-state index contributed by atoms with van der Waals surface area (Å²) >= 11 is 5.54. The van der Waals surface area contributed by atoms with Gasteiger partial charge in [-0.2, -0.15) is 13.2 Å². The highest BCUT2D eigenvalue weighted by Crippen LogP contribution is 3.04. The van der Waals surface area contributed by atoms with Gasteiger partial charge in [0.2, 0.25) is 9.84 Å². The van der Waals surface area contributed by atoms with E-state index in [0.717, 1.165) is 36.4 Å². The molecule has 0 saturated heterocycles. The normalized spacial score (nSPS) is 17.0. The Labute approximate surface area is 207 Å². The van der Waals surface area contributed by atoms with Gasteiger partial charge in [-0.3, -0.25) is 0 Å². The molecule has 0 unspecified atom stereocenters. The van der Waals surface area contributed by atoms with Gasteiger partial charge in [0, 0.05) is 10.7 Å². The first kappa shape index (κ1) is 30.1. The van der Waals surface area contributed by atoms with Crippen LogP contribution in [0.2, 0.25) is 0 Å². The second-order valence-corrected chi connectivity index (χ2v) is 14.9. The second kappa shape index (κ2) is 8.20. The maximum atomic E-state index is 14.2. The minimum absolute atomic E-state index is 0.379. The quantitative estimate of drug-likeness (QED) is 0.258. The minimum atomic E-state index is -8.82. The summed E-state index contributed by atoms with van der Waals surface area (Å²) in [5.74, 6) is 0. The lowest BCUT2D eigenvalue weighted by Crippen LogP contribution is -2.10. The lowest BCUT2D eigenvalue weighted by Gasteiger charge is -2.47. The number of halogens is 13. The van der Waals surface area contributed by atoms with Gasteiger partial charge in [-0.15, -0.1) is 31.1 Å². The fourth-order valence-corrected chi connectivity index (χ4v) is 5.60. The Hall–Kier alpha value is -2.09. The smallest absolute Gasteiger partial charge is 0.166 e. The van der Waals surface area contributed by atoms with E-state index in [1.807, 2.05) is 0 Å². The zero-order valence-electron chi connectivity index (χ0n) is 17.4. The first-order valence-electron chi connectivity index (χ1n) is 9.22. The molecule has 36 heavy (non-hydrogen) atoms. The maximum Gasteiger partial charge on any atom is 0.416 e. The van der Waals surface area contributed by atoms with Crippen molar-refractivity contribution in [1.29, 1.82) is 0 Å². The molecule has 0 radical (unpaired) electrons. The molecule has 0 amide bonds. The van der Waals surface area contributed by atoms with Crippen LogP contribution in [0.5, 0.6) is 0 Å². The highest BCUT2D eigenvalue weighted by Gasteiger charge is 2.63. The van der Waals surface area contributed by atoms with Gasteiger partial charge in [0.1, 0.15) is 0 Å². The van der Waals surface area contributed by atoms with Crippen LogP contribution in [0, 0.1) is 0 Å². The number of hydrogen-bond acceptors (Lipinski definition) is 0. The van der Waals surface area contributed by atoms with E-state index in [1.165, 1.54) is 12.1 Å². The lowest BCUT2D eigenvalue weighted by molar-refractivity contribution is -0.137. The molecular weight excluding hydrogens is 596 g/mol. The molecule has 0 heterocycles. The van der Waals surface area contributed by atoms with Crippen LogP contribution in [0.25, 0.3) is 5.03 Å². The Bertz CT molecular complexity index is 1250. The number of hydrogen-bond donors (Lipinski definition) is 0. The van der Waals surface area contributed by atoms with E-state index in [-0.39, 0.29) is 5.56 Å². The summed E-state index contributed by atoms with van der Waals surface area (Å²) in [5, 5.41) is -1.69. The van der Waals surface area contributed by atoms with E-state index >= 15 is 0 Å². The van der Waals surface area contributed by atoms with Crippen LogP contribution in [-0.2, 0) is 6.18 Å². The molecule has 3 aromatic rings. The van der Waals surface area contributed by atoms with Gasteiger partial charge in [-0.05, 0) is 42.0 Å². The predicted octanol–water partition coefficient (Wildman–Crippen LogP) is 12.3. The Kier molecular flexibility index (Phi) is 6.87. The zero-order chi connectivity index (χ0) is 27.8. The van der Waals surface area contributed by atoms with E-state index in [1.54, 1.807) is 0 Å². The molecule has 3 rings (SSSR count). The summed E-state index contributed by atoms with van der Waals surface area (Å²) < 4.78 is 144. The highest BCUT2D eigenvalue weighted by molar-refractivity contribution is 8.65. The second-order valence-electron chi connectivity index (χ2n) is 7.27. The Balaban J connectivity index is 0.000000319. The van der Waals surface area contributed by atoms with Gasteiger partial charge in [0.15, 0.2) is 0 Å². The van der Waals surface area contributed by atoms with Crippen molar-refractivity contribution in [2.45, 2.75) is 16.0 Å². The molecule has 0 aliphatic heterocycles. The van der Waals surface area contributed by atoms with E-state index in [4.69, 9.17) is 11.6 Å². The summed E-state index contributed by atoms with van der Waals surface area (Å²) in [7, 11) is -13.3. The van der Waals surface area contributed by atoms with Crippen LogP contribution in [0.3, 0.4) is 0 Å². The Morgan fingerprint density at radius 2 is 1.00 bits per heavy atom. The SMILES string of the molecule is FC(F)(F)c1ccc(/C(Cl)=C\S(F)(F)(F)(F)c2ccccc2)cc1.FS(F)(F)(F)(Cl)c1ccccc1. The van der Waals surface area contributed by atoms with Crippen molar-refractivity contribution >= 4 is 46.2 Å². The Morgan fingerprint density at radius 1 is 0.611 bits per heavy atom. The van der Waals surface area contributed by atoms with Gasteiger partial charge in [-0.25, -0.2) is 0 Å². The monoisotopic (exact) mass is 610 g/mol. The largest absolute Gasteiger partial charge is 0.416 e. The topological polar surface area (TPSA) is 0 Å². The first-order chi connectivity index (χ1) is 15.8. The molecule has 0 fully saturated rings. The van der Waals surface area contributed by atoms with Gasteiger partial charge in [0.25, 0.3) is 9.05 Å². The van der Waals surface area contributed by atoms with Gasteiger partial charge < -0.3 is 0 Å². The molecule has 0 aliphatic carbocycles. The summed E-state index contributed by atoms with van der Waals surface area (Å²) in [4.78, 5) is -2.92. The van der Waals surface area contributed by atoms with E-state index in [9.17, 15) is 44.3 Å². The summed E-state index contributed by atoms with van der Waals surface area (Å²) in [5.41, 5.74) is -1.43. The van der Waals surface area contributed by atoms with Crippen LogP contribution in [0.4, 0.5) is 44.3 Å². The molecule has 0 N–H and O–H groups in total. The summed E-state index contributed by atoms with van der Waals surface area (Å²) in [6, 6.07) is 11.8. The van der Waals surface area contributed by atoms with Crippen molar-refractivity contribution in [2.24, 2.45) is 0 Å². The fraction of sp³-hybridized carbons (Fsp3) is 0.0476. The lowest BCUT2D eigenvalue weighted by atomic mass is 10.1. The van der Waals surface area contributed by atoms with Crippen molar-refractivity contribution in [3.05, 3.63) is 101 Å². The van der Waals surface area contributed by atoms with Crippen molar-refractivity contribution in [2.75, 3.05) is 0 Å². The molecule has 3 aromatic carbocycles. The molecule has 15 heteroatoms. The minimum Gasteiger partial charge on any atom is -0.166 e. The van der Waals surface area contributed by atoms with E-state index in [2.05, 4.69) is 10.7 Å². The first-order valence-corrected chi connectivity index (χ1v) is 14.6. The van der Waals surface area contributed by atoms with Crippen molar-refractivity contribution in [3.63, 3.8) is 0 Å². The number of benzene rings is 3. The third kappa shape index (κ3) is 8.22. The predicted molar refractivity (Wildman–Crippen MR) is 125 cm³/mol. The third-order valence-electron chi connectivity index (χ3n) is 4.25. The molecule has 0 aliphatic rings. The Morgan fingerprint density at radius 3 is 1.33 bits per heavy atom. The molecule has 0 saturated carbocycles. The average Bonchev–Trinajstić information content (AvgIpc) is 2.72. The van der Waals surface area contributed by atoms with Gasteiger partial charge in [-0.1, -0.05) is 60.1 Å². The average molecular weight is 611 g/mol. The summed E-state index contributed by atoms with van der Waals surface area (Å²) in [6.45, 7) is 0. The van der Waals surface area contributed by atoms with Crippen LogP contribution >= 0.6 is 41.2 Å². The maximum absolute atomic E-state index is 14.2. The van der Waals surface area contributed by atoms with Crippen LogP contribution in [-0.4, -0.2) is 0 Å². The van der Waals surface area contributed by atoms with Gasteiger partial charge in [0.05, 0.1) is 25.8 Å². The van der Waals surface area contributed by atoms with Crippen LogP contribution < -0.4 is 0 Å². The number of rotatable bonds is 4. The standard InChI is InChI=1S/C15H10ClF7S.C6H5ClF4S/c16-14(11-6-8-12(9-7-11)15(17,18)19)10-24(20,21,22,23)13-4-2-1-3-5-13;7-12(8,9,10,11)6-4-2-1-3-5-6/h1-10H;1-5H/b14-10+;. The molecular formula is C21H15Cl2F11S2. The van der Waals surface area contributed by atoms with Gasteiger partial charge >= 0.3 is 6.18 Å². The van der Waals surface area contributed by atoms with Crippen LogP contribution in [0.1, 0.15) is 11.1 Å². The molecule has 0 atom stereocenters. The molecule has 0 bridgehead atoms. The molecule has 0 spiro atoms. The summed E-state index contributed by atoms with van der Waals surface area (Å²) in [6.07, 6.45) is -4.64. The van der Waals surface area contributed by atoms with E-state index in [0.29, 0.717) is 36.4 Å². The van der Waals surface area contributed by atoms with Crippen molar-refractivity contribution < 1.29 is 44.3 Å². The zero-order valence-corrected chi connectivity index (χ0v) is 20.5. The highest BCUT2D eigenvalue weighted by atomic mass is 35.7. The molecule has 202 valence electrons. The van der Waals surface area contributed by atoms with E-state index < -0.39 is 50.9 Å². The number of alkyl halides is 3.